The molecular weight excluding hydrogens is 520 g/mol. The van der Waals surface area contributed by atoms with E-state index in [0.717, 1.165) is 59.4 Å². The molecule has 0 amide bonds. The fourth-order valence-corrected chi connectivity index (χ4v) is 6.12. The number of hydrogen-bond donors (Lipinski definition) is 0. The van der Waals surface area contributed by atoms with E-state index in [1.165, 1.54) is 17.7 Å². The van der Waals surface area contributed by atoms with E-state index in [0.29, 0.717) is 35.6 Å². The molecule has 0 aliphatic carbocycles. The predicted octanol–water partition coefficient (Wildman–Crippen LogP) is 5.90. The maximum Gasteiger partial charge on any atom is 0.249 e. The zero-order chi connectivity index (χ0) is 24.6. The molecular formula is C26H24Cl2FN5OS. The maximum absolute atomic E-state index is 13.6. The van der Waals surface area contributed by atoms with E-state index >= 15 is 0 Å². The summed E-state index contributed by atoms with van der Waals surface area (Å²) >= 11 is 14.5. The Morgan fingerprint density at radius 1 is 1.00 bits per heavy atom. The second-order valence-corrected chi connectivity index (χ2v) is 10.9. The van der Waals surface area contributed by atoms with Crippen LogP contribution in [-0.2, 0) is 16.9 Å². The molecule has 0 spiro atoms. The van der Waals surface area contributed by atoms with E-state index in [1.807, 2.05) is 28.9 Å². The smallest absolute Gasteiger partial charge is 0.249 e. The summed E-state index contributed by atoms with van der Waals surface area (Å²) in [7, 11) is 0. The van der Waals surface area contributed by atoms with Crippen LogP contribution >= 0.6 is 35.0 Å². The van der Waals surface area contributed by atoms with Crippen LogP contribution in [0.4, 0.5) is 16.2 Å². The van der Waals surface area contributed by atoms with Crippen LogP contribution in [-0.4, -0.2) is 47.7 Å². The number of halogens is 3. The van der Waals surface area contributed by atoms with Gasteiger partial charge in [0.25, 0.3) is 0 Å². The second-order valence-electron chi connectivity index (χ2n) is 8.97. The lowest BCUT2D eigenvalue weighted by Gasteiger charge is -2.32. The minimum atomic E-state index is -0.277. The van der Waals surface area contributed by atoms with Gasteiger partial charge in [0.05, 0.1) is 40.7 Å². The molecule has 0 N–H and O–H groups in total. The second kappa shape index (κ2) is 10.2. The Kier molecular flexibility index (Phi) is 6.77. The third-order valence-corrected chi connectivity index (χ3v) is 8.45. The topological polar surface area (TPSA) is 53.9 Å². The monoisotopic (exact) mass is 543 g/mol. The van der Waals surface area contributed by atoms with Crippen LogP contribution in [0, 0.1) is 5.82 Å². The van der Waals surface area contributed by atoms with Crippen molar-refractivity contribution in [2.24, 2.45) is 5.10 Å². The minimum Gasteiger partial charge on any atom is -0.378 e. The van der Waals surface area contributed by atoms with Crippen molar-refractivity contribution in [2.45, 2.75) is 24.6 Å². The van der Waals surface area contributed by atoms with Crippen LogP contribution in [0.2, 0.25) is 10.0 Å². The lowest BCUT2D eigenvalue weighted by Crippen LogP contribution is -2.38. The zero-order valence-corrected chi connectivity index (χ0v) is 21.8. The molecule has 10 heteroatoms. The number of benzene rings is 2. The summed E-state index contributed by atoms with van der Waals surface area (Å²) in [6, 6.07) is 11.9. The summed E-state index contributed by atoms with van der Waals surface area (Å²) in [6.07, 6.45) is 1.50. The Bertz CT molecular complexity index is 1320. The number of aryl methyl sites for hydroxylation is 1. The van der Waals surface area contributed by atoms with Gasteiger partial charge < -0.3 is 9.64 Å². The fraction of sp³-hybridized carbons (Fsp3) is 0.346. The summed E-state index contributed by atoms with van der Waals surface area (Å²) in [4.78, 5) is 12.4. The first-order chi connectivity index (χ1) is 17.6. The van der Waals surface area contributed by atoms with Crippen LogP contribution in [0.15, 0.2) is 47.6 Å². The number of morpholine rings is 1. The summed E-state index contributed by atoms with van der Waals surface area (Å²) in [5.41, 5.74) is 4.97. The highest BCUT2D eigenvalue weighted by Crippen LogP contribution is 2.40. The number of thioether (sulfide) groups is 1. The van der Waals surface area contributed by atoms with E-state index in [4.69, 9.17) is 43.0 Å². The number of hydrazone groups is 1. The molecule has 3 aromatic rings. The largest absolute Gasteiger partial charge is 0.378 e. The molecule has 0 bridgehead atoms. The number of rotatable bonds is 4. The zero-order valence-electron chi connectivity index (χ0n) is 19.5. The standard InChI is InChI=1S/C26H24Cl2FN5OS/c27-20-6-3-17(13-21(20)28)24-14-23(16-1-4-18(29)5-2-16)32-34(24)26-30-22-7-12-36-15-19(22)25(31-26)33-8-10-35-11-9-33/h1-6,13,24H,7-12,14-15H2. The lowest BCUT2D eigenvalue weighted by molar-refractivity contribution is 0.122. The molecule has 186 valence electrons. The van der Waals surface area contributed by atoms with Gasteiger partial charge in [0.2, 0.25) is 5.95 Å². The van der Waals surface area contributed by atoms with Crippen molar-refractivity contribution in [3.05, 3.63) is 80.7 Å². The highest BCUT2D eigenvalue weighted by atomic mass is 35.5. The summed E-state index contributed by atoms with van der Waals surface area (Å²) in [5, 5.41) is 7.86. The molecule has 1 fully saturated rings. The van der Waals surface area contributed by atoms with Crippen molar-refractivity contribution < 1.29 is 9.13 Å². The number of aromatic nitrogens is 2. The van der Waals surface area contributed by atoms with Gasteiger partial charge in [-0.15, -0.1) is 0 Å². The quantitative estimate of drug-likeness (QED) is 0.408. The van der Waals surface area contributed by atoms with Gasteiger partial charge in [-0.25, -0.2) is 14.4 Å². The Hall–Kier alpha value is -2.39. The minimum absolute atomic E-state index is 0.173. The third kappa shape index (κ3) is 4.67. The third-order valence-electron chi connectivity index (χ3n) is 6.72. The molecule has 6 rings (SSSR count). The van der Waals surface area contributed by atoms with Crippen molar-refractivity contribution in [1.29, 1.82) is 0 Å². The molecule has 1 atom stereocenters. The molecule has 0 radical (unpaired) electrons. The molecule has 36 heavy (non-hydrogen) atoms. The highest BCUT2D eigenvalue weighted by molar-refractivity contribution is 7.98. The Balaban J connectivity index is 1.46. The van der Waals surface area contributed by atoms with Crippen LogP contribution in [0.3, 0.4) is 0 Å². The molecule has 1 aromatic heterocycles. The summed E-state index contributed by atoms with van der Waals surface area (Å²) in [5.74, 6) is 3.20. The Morgan fingerprint density at radius 3 is 2.58 bits per heavy atom. The molecule has 2 aromatic carbocycles. The highest BCUT2D eigenvalue weighted by Gasteiger charge is 2.34. The average Bonchev–Trinajstić information content (AvgIpc) is 3.36. The first kappa shape index (κ1) is 24.0. The molecule has 3 aliphatic heterocycles. The molecule has 6 nitrogen and oxygen atoms in total. The van der Waals surface area contributed by atoms with Crippen molar-refractivity contribution in [2.75, 3.05) is 42.0 Å². The first-order valence-corrected chi connectivity index (χ1v) is 13.9. The van der Waals surface area contributed by atoms with Crippen LogP contribution < -0.4 is 9.91 Å². The Labute approximate surface area is 223 Å². The first-order valence-electron chi connectivity index (χ1n) is 11.9. The van der Waals surface area contributed by atoms with Crippen LogP contribution in [0.5, 0.6) is 0 Å². The van der Waals surface area contributed by atoms with E-state index in [1.54, 1.807) is 18.2 Å². The van der Waals surface area contributed by atoms with Crippen LogP contribution in [0.25, 0.3) is 0 Å². The van der Waals surface area contributed by atoms with Gasteiger partial charge in [-0.3, -0.25) is 0 Å². The summed E-state index contributed by atoms with van der Waals surface area (Å²) < 4.78 is 19.2. The van der Waals surface area contributed by atoms with Crippen molar-refractivity contribution >= 4 is 52.4 Å². The maximum atomic E-state index is 13.6. The average molecular weight is 544 g/mol. The summed E-state index contributed by atoms with van der Waals surface area (Å²) in [6.45, 7) is 2.97. The van der Waals surface area contributed by atoms with Gasteiger partial charge in [0.1, 0.15) is 11.6 Å². The van der Waals surface area contributed by atoms with Gasteiger partial charge >= 0.3 is 0 Å². The van der Waals surface area contributed by atoms with Gasteiger partial charge in [0, 0.05) is 30.8 Å². The van der Waals surface area contributed by atoms with E-state index < -0.39 is 0 Å². The van der Waals surface area contributed by atoms with Gasteiger partial charge in [-0.1, -0.05) is 41.4 Å². The Morgan fingerprint density at radius 2 is 1.81 bits per heavy atom. The number of ether oxygens (including phenoxy) is 1. The number of fused-ring (bicyclic) bond motifs is 1. The molecule has 4 heterocycles. The van der Waals surface area contributed by atoms with E-state index in [2.05, 4.69) is 4.90 Å². The van der Waals surface area contributed by atoms with Gasteiger partial charge in [0.15, 0.2) is 0 Å². The molecule has 1 saturated heterocycles. The SMILES string of the molecule is Fc1ccc(C2=NN(c3nc4c(c(N5CCOCC5)n3)CSCC4)C(c3ccc(Cl)c(Cl)c3)C2)cc1. The van der Waals surface area contributed by atoms with E-state index in [9.17, 15) is 4.39 Å². The normalized spacial score (nSPS) is 19.9. The molecule has 0 saturated carbocycles. The van der Waals surface area contributed by atoms with Gasteiger partial charge in [-0.2, -0.15) is 21.8 Å². The van der Waals surface area contributed by atoms with Crippen molar-refractivity contribution in [3.63, 3.8) is 0 Å². The predicted molar refractivity (Wildman–Crippen MR) is 144 cm³/mol. The van der Waals surface area contributed by atoms with Gasteiger partial charge in [-0.05, 0) is 47.6 Å². The molecule has 3 aliphatic rings. The van der Waals surface area contributed by atoms with Crippen molar-refractivity contribution in [1.82, 2.24) is 9.97 Å². The van der Waals surface area contributed by atoms with E-state index in [-0.39, 0.29) is 11.9 Å². The van der Waals surface area contributed by atoms with Crippen molar-refractivity contribution in [3.8, 4) is 0 Å². The lowest BCUT2D eigenvalue weighted by atomic mass is 9.98. The number of nitrogens with zero attached hydrogens (tertiary/aromatic N) is 5. The number of anilines is 2. The molecule has 1 unspecified atom stereocenters. The van der Waals surface area contributed by atoms with Crippen LogP contribution in [0.1, 0.15) is 34.8 Å². The number of hydrogen-bond acceptors (Lipinski definition) is 7. The fourth-order valence-electron chi connectivity index (χ4n) is 4.83.